The molecule has 0 saturated carbocycles. The molecule has 0 saturated heterocycles. The van der Waals surface area contributed by atoms with Gasteiger partial charge in [-0.1, -0.05) is 6.07 Å². The smallest absolute Gasteiger partial charge is 0.478 e. The lowest BCUT2D eigenvalue weighted by Crippen LogP contribution is -2.20. The monoisotopic (exact) mass is 642 g/mol. The summed E-state index contributed by atoms with van der Waals surface area (Å²) >= 11 is 0. The van der Waals surface area contributed by atoms with Crippen molar-refractivity contribution in [2.75, 3.05) is 0 Å². The molecule has 0 radical (unpaired) electrons. The Morgan fingerprint density at radius 3 is 1.39 bits per heavy atom. The largest absolute Gasteiger partial charge is 0.575 e. The van der Waals surface area contributed by atoms with Crippen molar-refractivity contribution in [1.29, 1.82) is 0 Å². The zero-order valence-electron chi connectivity index (χ0n) is 20.8. The Balaban J connectivity index is 2.11. The number of esters is 2. The molecule has 0 aliphatic carbocycles. The second-order valence-corrected chi connectivity index (χ2v) is 8.04. The molecule has 0 aromatic heterocycles. The molecule has 0 aliphatic heterocycles. The molecular formula is C25H11F9O10. The van der Waals surface area contributed by atoms with E-state index in [1.807, 2.05) is 0 Å². The molecule has 3 aromatic carbocycles. The number of halogens is 9. The van der Waals surface area contributed by atoms with Crippen LogP contribution in [0.4, 0.5) is 39.5 Å². The molecule has 0 fully saturated rings. The van der Waals surface area contributed by atoms with Gasteiger partial charge in [0.1, 0.15) is 28.2 Å². The van der Waals surface area contributed by atoms with E-state index in [9.17, 15) is 68.9 Å². The fraction of sp³-hybridized carbons (Fsp3) is 0.120. The lowest BCUT2D eigenvalue weighted by atomic mass is 10.1. The quantitative estimate of drug-likeness (QED) is 0.194. The van der Waals surface area contributed by atoms with Gasteiger partial charge in [-0.25, -0.2) is 19.2 Å². The van der Waals surface area contributed by atoms with Gasteiger partial charge in [0.15, 0.2) is 11.5 Å². The maximum atomic E-state index is 13.9. The number of benzene rings is 3. The normalized spacial score (nSPS) is 11.8. The highest BCUT2D eigenvalue weighted by molar-refractivity contribution is 5.97. The lowest BCUT2D eigenvalue weighted by Gasteiger charge is -2.19. The number of para-hydroxylation sites is 1. The zero-order chi connectivity index (χ0) is 33.2. The maximum absolute atomic E-state index is 13.9. The summed E-state index contributed by atoms with van der Waals surface area (Å²) in [4.78, 5) is 46.8. The third-order valence-corrected chi connectivity index (χ3v) is 5.02. The first-order chi connectivity index (χ1) is 20.2. The molecular weight excluding hydrogens is 631 g/mol. The first kappa shape index (κ1) is 33.0. The third-order valence-electron chi connectivity index (χ3n) is 5.02. The molecule has 0 unspecified atom stereocenters. The Morgan fingerprint density at radius 2 is 1.00 bits per heavy atom. The van der Waals surface area contributed by atoms with Gasteiger partial charge in [-0.15, -0.1) is 26.3 Å². The summed E-state index contributed by atoms with van der Waals surface area (Å²) < 4.78 is 133. The van der Waals surface area contributed by atoms with Crippen LogP contribution in [-0.2, 0) is 15.7 Å². The van der Waals surface area contributed by atoms with Crippen molar-refractivity contribution in [2.45, 2.75) is 18.9 Å². The Kier molecular flexibility index (Phi) is 9.02. The van der Waals surface area contributed by atoms with Gasteiger partial charge < -0.3 is 29.2 Å². The minimum Gasteiger partial charge on any atom is -0.478 e. The summed E-state index contributed by atoms with van der Waals surface area (Å²) in [6.07, 6.45) is -16.2. The highest BCUT2D eigenvalue weighted by Crippen LogP contribution is 2.46. The molecule has 2 N–H and O–H groups in total. The zero-order valence-corrected chi connectivity index (χ0v) is 20.8. The maximum Gasteiger partial charge on any atom is 0.575 e. The average molecular weight is 642 g/mol. The van der Waals surface area contributed by atoms with Crippen molar-refractivity contribution < 1.29 is 87.9 Å². The van der Waals surface area contributed by atoms with Crippen LogP contribution in [0.5, 0.6) is 23.0 Å². The fourth-order valence-electron chi connectivity index (χ4n) is 3.31. The van der Waals surface area contributed by atoms with Gasteiger partial charge in [-0.05, 0) is 48.5 Å². The molecule has 234 valence electrons. The van der Waals surface area contributed by atoms with E-state index in [4.69, 9.17) is 9.47 Å². The number of rotatable bonds is 8. The van der Waals surface area contributed by atoms with Crippen LogP contribution in [0.15, 0.2) is 54.6 Å². The number of hydrogen-bond donors (Lipinski definition) is 2. The van der Waals surface area contributed by atoms with Crippen molar-refractivity contribution >= 4 is 23.9 Å². The van der Waals surface area contributed by atoms with E-state index in [0.717, 1.165) is 12.1 Å². The predicted molar refractivity (Wildman–Crippen MR) is 121 cm³/mol. The number of carbonyl (C=O) groups excluding carboxylic acids is 2. The van der Waals surface area contributed by atoms with E-state index in [2.05, 4.69) is 9.47 Å². The number of ether oxygens (including phenoxy) is 4. The summed E-state index contributed by atoms with van der Waals surface area (Å²) in [5.41, 5.74) is -5.73. The number of carboxylic acid groups (broad SMARTS) is 2. The molecule has 10 nitrogen and oxygen atoms in total. The molecule has 19 heteroatoms. The summed E-state index contributed by atoms with van der Waals surface area (Å²) in [6.45, 7) is 0. The van der Waals surface area contributed by atoms with Crippen molar-refractivity contribution in [3.8, 4) is 23.0 Å². The number of aromatic carboxylic acids is 2. The van der Waals surface area contributed by atoms with Crippen molar-refractivity contribution in [1.82, 2.24) is 0 Å². The summed E-state index contributed by atoms with van der Waals surface area (Å²) in [5, 5.41) is 18.9. The Hall–Kier alpha value is -5.49. The predicted octanol–water partition coefficient (Wildman–Crippen LogP) is 7.04. The number of hydrogen-bond acceptors (Lipinski definition) is 8. The van der Waals surface area contributed by atoms with Gasteiger partial charge in [-0.2, -0.15) is 13.2 Å². The minimum atomic E-state index is -5.46. The minimum absolute atomic E-state index is 0.309. The molecule has 3 rings (SSSR count). The van der Waals surface area contributed by atoms with E-state index >= 15 is 0 Å². The summed E-state index contributed by atoms with van der Waals surface area (Å²) in [6, 6.07) is 4.86. The fourth-order valence-corrected chi connectivity index (χ4v) is 3.31. The lowest BCUT2D eigenvalue weighted by molar-refractivity contribution is -0.293. The van der Waals surface area contributed by atoms with Gasteiger partial charge in [0.05, 0.1) is 11.1 Å². The molecule has 0 aliphatic rings. The van der Waals surface area contributed by atoms with Crippen molar-refractivity contribution in [3.63, 3.8) is 0 Å². The summed E-state index contributed by atoms with van der Waals surface area (Å²) in [7, 11) is 0. The molecule has 0 spiro atoms. The topological polar surface area (TPSA) is 146 Å². The van der Waals surface area contributed by atoms with Crippen LogP contribution in [0.1, 0.15) is 47.0 Å². The SMILES string of the molecule is O=C(OC(F)(F)F)c1ccc(Oc2cccc(C(F)(F)F)c2Oc2ccc(C(=O)OC(F)(F)F)cc2C(=O)O)c(C(=O)O)c1. The summed E-state index contributed by atoms with van der Waals surface area (Å²) in [5.74, 6) is -12.1. The van der Waals surface area contributed by atoms with E-state index in [0.29, 0.717) is 42.5 Å². The highest BCUT2D eigenvalue weighted by Gasteiger charge is 2.38. The van der Waals surface area contributed by atoms with Crippen LogP contribution >= 0.6 is 0 Å². The van der Waals surface area contributed by atoms with Gasteiger partial charge in [0, 0.05) is 0 Å². The molecule has 3 aromatic rings. The first-order valence-corrected chi connectivity index (χ1v) is 11.1. The second kappa shape index (κ2) is 12.0. The Labute approximate surface area is 236 Å². The Bertz CT molecular complexity index is 1630. The molecule has 0 atom stereocenters. The van der Waals surface area contributed by atoms with Crippen LogP contribution in [-0.4, -0.2) is 46.8 Å². The standard InChI is InChI=1S/C25H11F9O10/c26-23(27,28)14-2-1-3-17(41-15-6-4-10(8-12(15)19(35)36)21(39)43-24(29,30)31)18(14)42-16-7-5-11(9-13(16)20(37)38)22(40)44-25(32,33)34/h1-9H,(H,35,36)(H,37,38). The van der Waals surface area contributed by atoms with E-state index in [1.165, 1.54) is 0 Å². The number of alkyl halides is 9. The van der Waals surface area contributed by atoms with Crippen LogP contribution in [0.3, 0.4) is 0 Å². The van der Waals surface area contributed by atoms with Crippen LogP contribution in [0, 0.1) is 0 Å². The van der Waals surface area contributed by atoms with Crippen LogP contribution in [0.2, 0.25) is 0 Å². The molecule has 44 heavy (non-hydrogen) atoms. The highest BCUT2D eigenvalue weighted by atomic mass is 19.4. The van der Waals surface area contributed by atoms with Gasteiger partial charge in [0.25, 0.3) is 0 Å². The van der Waals surface area contributed by atoms with Crippen LogP contribution < -0.4 is 9.47 Å². The van der Waals surface area contributed by atoms with Crippen molar-refractivity contribution in [3.05, 3.63) is 82.4 Å². The second-order valence-electron chi connectivity index (χ2n) is 8.04. The van der Waals surface area contributed by atoms with E-state index in [-0.39, 0.29) is 0 Å². The average Bonchev–Trinajstić information content (AvgIpc) is 2.87. The van der Waals surface area contributed by atoms with E-state index < -0.39 is 93.6 Å². The van der Waals surface area contributed by atoms with Crippen molar-refractivity contribution in [2.24, 2.45) is 0 Å². The molecule has 0 amide bonds. The van der Waals surface area contributed by atoms with Crippen LogP contribution in [0.25, 0.3) is 0 Å². The number of carboxylic acids is 2. The Morgan fingerprint density at radius 1 is 0.568 bits per heavy atom. The number of carbonyl (C=O) groups is 4. The molecule has 0 heterocycles. The van der Waals surface area contributed by atoms with Gasteiger partial charge >= 0.3 is 42.8 Å². The van der Waals surface area contributed by atoms with Gasteiger partial charge in [-0.3, -0.25) is 0 Å². The van der Waals surface area contributed by atoms with Gasteiger partial charge in [0.2, 0.25) is 0 Å². The van der Waals surface area contributed by atoms with E-state index in [1.54, 1.807) is 0 Å². The first-order valence-electron chi connectivity index (χ1n) is 11.1. The third kappa shape index (κ3) is 8.29. The molecule has 0 bridgehead atoms.